The number of aromatic nitrogens is 1. The third-order valence-corrected chi connectivity index (χ3v) is 4.17. The summed E-state index contributed by atoms with van der Waals surface area (Å²) in [6.07, 6.45) is 2.66. The number of rotatable bonds is 5. The summed E-state index contributed by atoms with van der Waals surface area (Å²) >= 11 is 0. The maximum absolute atomic E-state index is 10.2. The largest absolute Gasteiger partial charge is 0.467 e. The molecule has 1 saturated heterocycles. The first kappa shape index (κ1) is 17.3. The summed E-state index contributed by atoms with van der Waals surface area (Å²) in [5.41, 5.74) is 0. The van der Waals surface area contributed by atoms with E-state index in [-0.39, 0.29) is 6.54 Å². The summed E-state index contributed by atoms with van der Waals surface area (Å²) in [5, 5.41) is 13.5. The number of aliphatic hydroxyl groups excluding tert-OH is 1. The SMILES string of the molecule is CCNC(=NCC(O)c1ccco1)N1CCN(c2ccccn2)CC1. The van der Waals surface area contributed by atoms with E-state index in [0.29, 0.717) is 5.76 Å². The molecule has 25 heavy (non-hydrogen) atoms. The number of pyridine rings is 1. The fourth-order valence-electron chi connectivity index (χ4n) is 2.86. The number of hydrogen-bond donors (Lipinski definition) is 2. The molecule has 2 N–H and O–H groups in total. The quantitative estimate of drug-likeness (QED) is 0.633. The van der Waals surface area contributed by atoms with Crippen LogP contribution in [-0.4, -0.2) is 60.2 Å². The van der Waals surface area contributed by atoms with Gasteiger partial charge in [-0.2, -0.15) is 0 Å². The van der Waals surface area contributed by atoms with Crippen molar-refractivity contribution in [1.29, 1.82) is 0 Å². The topological polar surface area (TPSA) is 77.1 Å². The second-order valence-corrected chi connectivity index (χ2v) is 5.89. The lowest BCUT2D eigenvalue weighted by atomic mass is 10.3. The van der Waals surface area contributed by atoms with Gasteiger partial charge in [0.15, 0.2) is 5.96 Å². The van der Waals surface area contributed by atoms with Crippen molar-refractivity contribution in [3.63, 3.8) is 0 Å². The Bertz CT molecular complexity index is 651. The van der Waals surface area contributed by atoms with E-state index in [9.17, 15) is 5.11 Å². The van der Waals surface area contributed by atoms with Gasteiger partial charge in [-0.25, -0.2) is 9.98 Å². The predicted octanol–water partition coefficient (Wildman–Crippen LogP) is 1.50. The van der Waals surface area contributed by atoms with Crippen molar-refractivity contribution < 1.29 is 9.52 Å². The molecule has 7 nitrogen and oxygen atoms in total. The standard InChI is InChI=1S/C18H25N5O2/c1-2-19-18(21-14-15(24)16-6-5-13-25-16)23-11-9-22(10-12-23)17-7-3-4-8-20-17/h3-8,13,15,24H,2,9-12,14H2,1H3,(H,19,21). The van der Waals surface area contributed by atoms with Gasteiger partial charge >= 0.3 is 0 Å². The molecule has 1 aliphatic rings. The van der Waals surface area contributed by atoms with Crippen LogP contribution in [0, 0.1) is 0 Å². The average molecular weight is 343 g/mol. The van der Waals surface area contributed by atoms with E-state index in [1.165, 1.54) is 0 Å². The van der Waals surface area contributed by atoms with E-state index >= 15 is 0 Å². The molecular formula is C18H25N5O2. The van der Waals surface area contributed by atoms with Crippen LogP contribution in [0.4, 0.5) is 5.82 Å². The van der Waals surface area contributed by atoms with E-state index < -0.39 is 6.10 Å². The van der Waals surface area contributed by atoms with Crippen LogP contribution in [0.3, 0.4) is 0 Å². The molecule has 1 atom stereocenters. The minimum absolute atomic E-state index is 0.274. The van der Waals surface area contributed by atoms with Crippen LogP contribution in [-0.2, 0) is 0 Å². The van der Waals surface area contributed by atoms with Crippen LogP contribution in [0.1, 0.15) is 18.8 Å². The number of guanidine groups is 1. The van der Waals surface area contributed by atoms with Crippen molar-refractivity contribution in [1.82, 2.24) is 15.2 Å². The predicted molar refractivity (Wildman–Crippen MR) is 97.7 cm³/mol. The summed E-state index contributed by atoms with van der Waals surface area (Å²) in [7, 11) is 0. The third-order valence-electron chi connectivity index (χ3n) is 4.17. The van der Waals surface area contributed by atoms with Crippen LogP contribution < -0.4 is 10.2 Å². The van der Waals surface area contributed by atoms with Crippen LogP contribution in [0.15, 0.2) is 52.2 Å². The second-order valence-electron chi connectivity index (χ2n) is 5.89. The number of nitrogens with zero attached hydrogens (tertiary/aromatic N) is 4. The maximum atomic E-state index is 10.2. The number of aliphatic hydroxyl groups is 1. The van der Waals surface area contributed by atoms with Crippen molar-refractivity contribution in [2.75, 3.05) is 44.2 Å². The van der Waals surface area contributed by atoms with Gasteiger partial charge in [-0.15, -0.1) is 0 Å². The molecule has 134 valence electrons. The van der Waals surface area contributed by atoms with Crippen LogP contribution in [0.25, 0.3) is 0 Å². The third kappa shape index (κ3) is 4.51. The lowest BCUT2D eigenvalue weighted by Gasteiger charge is -2.37. The minimum atomic E-state index is -0.724. The Labute approximate surface area is 148 Å². The summed E-state index contributed by atoms with van der Waals surface area (Å²) in [6, 6.07) is 9.51. The fraction of sp³-hybridized carbons (Fsp3) is 0.444. The molecule has 3 heterocycles. The first-order valence-electron chi connectivity index (χ1n) is 8.68. The molecule has 3 rings (SSSR count). The number of furan rings is 1. The lowest BCUT2D eigenvalue weighted by molar-refractivity contribution is 0.158. The summed E-state index contributed by atoms with van der Waals surface area (Å²) in [5.74, 6) is 2.38. The van der Waals surface area contributed by atoms with Gasteiger partial charge in [-0.1, -0.05) is 6.07 Å². The molecule has 1 fully saturated rings. The van der Waals surface area contributed by atoms with Gasteiger partial charge in [-0.3, -0.25) is 0 Å². The second kappa shape index (κ2) is 8.53. The Balaban J connectivity index is 1.59. The molecule has 2 aromatic rings. The highest BCUT2D eigenvalue weighted by Crippen LogP contribution is 2.15. The molecule has 0 radical (unpaired) electrons. The van der Waals surface area contributed by atoms with E-state index in [2.05, 4.69) is 25.1 Å². The molecule has 2 aromatic heterocycles. The minimum Gasteiger partial charge on any atom is -0.467 e. The van der Waals surface area contributed by atoms with Crippen molar-refractivity contribution in [3.05, 3.63) is 48.6 Å². The number of piperazine rings is 1. The van der Waals surface area contributed by atoms with Gasteiger partial charge in [0, 0.05) is 38.9 Å². The Morgan fingerprint density at radius 3 is 2.76 bits per heavy atom. The highest BCUT2D eigenvalue weighted by Gasteiger charge is 2.21. The van der Waals surface area contributed by atoms with E-state index in [4.69, 9.17) is 4.42 Å². The molecule has 0 aliphatic carbocycles. The van der Waals surface area contributed by atoms with Crippen molar-refractivity contribution in [2.24, 2.45) is 4.99 Å². The van der Waals surface area contributed by atoms with Gasteiger partial charge in [0.25, 0.3) is 0 Å². The molecule has 7 heteroatoms. The Hall–Kier alpha value is -2.54. The summed E-state index contributed by atoms with van der Waals surface area (Å²) < 4.78 is 5.23. The van der Waals surface area contributed by atoms with Crippen LogP contribution in [0.5, 0.6) is 0 Å². The molecule has 0 amide bonds. The maximum Gasteiger partial charge on any atom is 0.194 e. The smallest absolute Gasteiger partial charge is 0.194 e. The number of anilines is 1. The van der Waals surface area contributed by atoms with Gasteiger partial charge in [0.1, 0.15) is 17.7 Å². The molecule has 0 saturated carbocycles. The fourth-order valence-corrected chi connectivity index (χ4v) is 2.86. The monoisotopic (exact) mass is 343 g/mol. The highest BCUT2D eigenvalue weighted by atomic mass is 16.4. The van der Waals surface area contributed by atoms with Crippen molar-refractivity contribution in [2.45, 2.75) is 13.0 Å². The average Bonchev–Trinajstić information content (AvgIpc) is 3.21. The number of aliphatic imine (C=N–C) groups is 1. The Kier molecular flexibility index (Phi) is 5.90. The Morgan fingerprint density at radius 1 is 1.28 bits per heavy atom. The molecule has 0 aromatic carbocycles. The van der Waals surface area contributed by atoms with E-state index in [0.717, 1.165) is 44.5 Å². The lowest BCUT2D eigenvalue weighted by Crippen LogP contribution is -2.52. The summed E-state index contributed by atoms with van der Waals surface area (Å²) in [4.78, 5) is 13.5. The number of nitrogens with one attached hydrogen (secondary N) is 1. The molecule has 0 spiro atoms. The van der Waals surface area contributed by atoms with Gasteiger partial charge in [-0.05, 0) is 31.2 Å². The molecule has 1 unspecified atom stereocenters. The Morgan fingerprint density at radius 2 is 2.12 bits per heavy atom. The zero-order valence-electron chi connectivity index (χ0n) is 14.5. The molecule has 0 bridgehead atoms. The zero-order chi connectivity index (χ0) is 17.5. The zero-order valence-corrected chi connectivity index (χ0v) is 14.5. The highest BCUT2D eigenvalue weighted by molar-refractivity contribution is 5.80. The van der Waals surface area contributed by atoms with Gasteiger partial charge in [0.05, 0.1) is 12.8 Å². The first-order chi connectivity index (χ1) is 12.3. The molecular weight excluding hydrogens is 318 g/mol. The normalized spacial score (nSPS) is 16.8. The molecule has 1 aliphatic heterocycles. The van der Waals surface area contributed by atoms with Crippen molar-refractivity contribution >= 4 is 11.8 Å². The van der Waals surface area contributed by atoms with E-state index in [1.54, 1.807) is 18.4 Å². The first-order valence-corrected chi connectivity index (χ1v) is 8.68. The van der Waals surface area contributed by atoms with E-state index in [1.807, 2.05) is 31.3 Å². The van der Waals surface area contributed by atoms with Crippen molar-refractivity contribution in [3.8, 4) is 0 Å². The van der Waals surface area contributed by atoms with Crippen LogP contribution >= 0.6 is 0 Å². The number of hydrogen-bond acceptors (Lipinski definition) is 5. The van der Waals surface area contributed by atoms with Gasteiger partial charge < -0.3 is 24.6 Å². The summed E-state index contributed by atoms with van der Waals surface area (Å²) in [6.45, 7) is 6.61. The van der Waals surface area contributed by atoms with Crippen LogP contribution in [0.2, 0.25) is 0 Å². The van der Waals surface area contributed by atoms with Gasteiger partial charge in [0.2, 0.25) is 0 Å².